The van der Waals surface area contributed by atoms with E-state index < -0.39 is 74.6 Å². The molecule has 11 nitrogen and oxygen atoms in total. The van der Waals surface area contributed by atoms with Crippen LogP contribution in [0.5, 0.6) is 0 Å². The Morgan fingerprint density at radius 3 is 1.21 bits per heavy atom. The first-order valence-corrected chi connectivity index (χ1v) is 7.08. The average Bonchev–Trinajstić information content (AvgIpc) is 2.55. The molecule has 10 atom stereocenters. The average molecular weight is 384 g/mol. The van der Waals surface area contributed by atoms with Crippen molar-refractivity contribution in [3.63, 3.8) is 0 Å². The molecule has 0 radical (unpaired) electrons. The molecule has 0 aromatic rings. The summed E-state index contributed by atoms with van der Waals surface area (Å²) >= 11 is 0. The van der Waals surface area contributed by atoms with Gasteiger partial charge in [-0.15, -0.1) is 0 Å². The molecule has 140 valence electrons. The molecule has 0 aliphatic carbocycles. The van der Waals surface area contributed by atoms with E-state index in [1.54, 1.807) is 0 Å². The molecule has 0 aromatic carbocycles. The summed E-state index contributed by atoms with van der Waals surface area (Å²) in [7, 11) is 0. The number of hydrogen-bond donors (Lipinski definition) is 8. The van der Waals surface area contributed by atoms with Crippen molar-refractivity contribution in [2.45, 2.75) is 61.4 Å². The topological polar surface area (TPSA) is 190 Å². The summed E-state index contributed by atoms with van der Waals surface area (Å²) in [6, 6.07) is 0. The van der Waals surface area contributed by atoms with Gasteiger partial charge in [0.2, 0.25) is 0 Å². The van der Waals surface area contributed by atoms with Crippen molar-refractivity contribution in [1.82, 2.24) is 0 Å². The van der Waals surface area contributed by atoms with Crippen LogP contribution >= 0.6 is 0 Å². The van der Waals surface area contributed by atoms with Crippen molar-refractivity contribution in [3.05, 3.63) is 0 Å². The third-order valence-corrected chi connectivity index (χ3v) is 3.97. The van der Waals surface area contributed by atoms with Crippen molar-refractivity contribution in [3.8, 4) is 0 Å². The van der Waals surface area contributed by atoms with Crippen LogP contribution in [0.15, 0.2) is 0 Å². The van der Waals surface area contributed by atoms with Crippen molar-refractivity contribution >= 4 is 37.7 Å². The van der Waals surface area contributed by atoms with E-state index >= 15 is 0 Å². The van der Waals surface area contributed by atoms with Crippen LogP contribution in [0.1, 0.15) is 0 Å². The van der Waals surface area contributed by atoms with E-state index in [1.165, 1.54) is 0 Å². The van der Waals surface area contributed by atoms with Gasteiger partial charge >= 0.3 is 37.7 Å². The standard InChI is InChI=1S/C12H22O11.Ca.2H/c13-1-3-5(15)7(17)9(19)11(21-3)23-12-10(20)8(18)6(16)4(2-14)22-12;;;/h3-20H,1-2H2;;;/t3-,4-,5-,6-,7+,8+,9-,10-,11-,12-;;;/m1.../s1. The zero-order valence-corrected chi connectivity index (χ0v) is 12.0. The van der Waals surface area contributed by atoms with Gasteiger partial charge in [0.1, 0.15) is 48.8 Å². The van der Waals surface area contributed by atoms with Crippen molar-refractivity contribution in [1.29, 1.82) is 0 Å². The zero-order chi connectivity index (χ0) is 17.3. The van der Waals surface area contributed by atoms with Gasteiger partial charge in [0.15, 0.2) is 12.6 Å². The molecule has 2 fully saturated rings. The first kappa shape index (κ1) is 22.9. The van der Waals surface area contributed by atoms with Gasteiger partial charge in [0.05, 0.1) is 13.2 Å². The summed E-state index contributed by atoms with van der Waals surface area (Å²) in [5.41, 5.74) is 0. The van der Waals surface area contributed by atoms with E-state index in [0.717, 1.165) is 0 Å². The number of aliphatic hydroxyl groups is 8. The molecule has 0 bridgehead atoms. The summed E-state index contributed by atoms with van der Waals surface area (Å²) in [5, 5.41) is 76.4. The van der Waals surface area contributed by atoms with E-state index in [0.29, 0.717) is 0 Å². The fraction of sp³-hybridized carbons (Fsp3) is 1.00. The van der Waals surface area contributed by atoms with Crippen molar-refractivity contribution < 1.29 is 55.1 Å². The van der Waals surface area contributed by atoms with Crippen LogP contribution in [0.25, 0.3) is 0 Å². The number of hydrogen-bond acceptors (Lipinski definition) is 11. The Morgan fingerprint density at radius 2 is 0.917 bits per heavy atom. The monoisotopic (exact) mass is 384 g/mol. The summed E-state index contributed by atoms with van der Waals surface area (Å²) < 4.78 is 15.3. The van der Waals surface area contributed by atoms with E-state index in [2.05, 4.69) is 0 Å². The SMILES string of the molecule is OC[C@H]1O[C@H](O[C@H]2O[C@H](CO)[C@@H](O)[C@H](O)[C@H]2O)[C@H](O)[C@@H](O)[C@@H]1O.[CaH2]. The van der Waals surface area contributed by atoms with Gasteiger partial charge in [-0.3, -0.25) is 0 Å². The molecule has 2 aliphatic heterocycles. The Labute approximate surface area is 167 Å². The van der Waals surface area contributed by atoms with Crippen LogP contribution in [0.3, 0.4) is 0 Å². The molecule has 2 saturated heterocycles. The fourth-order valence-corrected chi connectivity index (χ4v) is 2.49. The van der Waals surface area contributed by atoms with Crippen LogP contribution in [0.4, 0.5) is 0 Å². The predicted molar refractivity (Wildman–Crippen MR) is 77.2 cm³/mol. The molecule has 2 heterocycles. The quantitative estimate of drug-likeness (QED) is 0.215. The first-order chi connectivity index (χ1) is 10.8. The van der Waals surface area contributed by atoms with E-state index in [1.807, 2.05) is 0 Å². The molecule has 12 heteroatoms. The Balaban J connectivity index is 0.00000288. The van der Waals surface area contributed by atoms with Crippen molar-refractivity contribution in [2.75, 3.05) is 13.2 Å². The Hall–Kier alpha value is 0.820. The summed E-state index contributed by atoms with van der Waals surface area (Å²) in [6.45, 7) is -1.33. The minimum atomic E-state index is -1.72. The molecule has 2 aliphatic rings. The molecular weight excluding hydrogens is 360 g/mol. The zero-order valence-electron chi connectivity index (χ0n) is 12.0. The molecule has 0 spiro atoms. The summed E-state index contributed by atoms with van der Waals surface area (Å²) in [6.07, 6.45) is -15.6. The molecule has 0 unspecified atom stereocenters. The molecule has 0 saturated carbocycles. The van der Waals surface area contributed by atoms with Crippen LogP contribution < -0.4 is 0 Å². The van der Waals surface area contributed by atoms with Crippen LogP contribution in [-0.4, -0.2) is 153 Å². The maximum absolute atomic E-state index is 9.84. The molecule has 24 heavy (non-hydrogen) atoms. The number of ether oxygens (including phenoxy) is 3. The second-order valence-corrected chi connectivity index (χ2v) is 5.53. The van der Waals surface area contributed by atoms with Gasteiger partial charge in [0.25, 0.3) is 0 Å². The summed E-state index contributed by atoms with van der Waals surface area (Å²) in [4.78, 5) is 0. The van der Waals surface area contributed by atoms with Gasteiger partial charge in [-0.2, -0.15) is 0 Å². The van der Waals surface area contributed by atoms with Crippen LogP contribution in [0.2, 0.25) is 0 Å². The Kier molecular flexibility index (Phi) is 9.21. The summed E-state index contributed by atoms with van der Waals surface area (Å²) in [5.74, 6) is 0. The third-order valence-electron chi connectivity index (χ3n) is 3.97. The molecular formula is C12H24CaO11. The number of rotatable bonds is 4. The van der Waals surface area contributed by atoms with Crippen LogP contribution in [0, 0.1) is 0 Å². The van der Waals surface area contributed by atoms with Crippen molar-refractivity contribution in [2.24, 2.45) is 0 Å². The molecule has 0 aromatic heterocycles. The normalized spacial score (nSPS) is 49.5. The third kappa shape index (κ3) is 4.56. The van der Waals surface area contributed by atoms with E-state index in [-0.39, 0.29) is 37.7 Å². The molecule has 8 N–H and O–H groups in total. The molecule has 2 rings (SSSR count). The predicted octanol–water partition coefficient (Wildman–Crippen LogP) is -6.31. The van der Waals surface area contributed by atoms with Gasteiger partial charge in [-0.1, -0.05) is 0 Å². The fourth-order valence-electron chi connectivity index (χ4n) is 2.49. The van der Waals surface area contributed by atoms with Gasteiger partial charge in [-0.05, 0) is 0 Å². The maximum atomic E-state index is 9.84. The number of aliphatic hydroxyl groups excluding tert-OH is 8. The minimum absolute atomic E-state index is 0. The van der Waals surface area contributed by atoms with Crippen LogP contribution in [-0.2, 0) is 14.2 Å². The second-order valence-electron chi connectivity index (χ2n) is 5.53. The van der Waals surface area contributed by atoms with E-state index in [4.69, 9.17) is 24.4 Å². The second kappa shape index (κ2) is 9.67. The van der Waals surface area contributed by atoms with Gasteiger partial charge in [-0.25, -0.2) is 0 Å². The Morgan fingerprint density at radius 1 is 0.583 bits per heavy atom. The van der Waals surface area contributed by atoms with E-state index in [9.17, 15) is 30.6 Å². The van der Waals surface area contributed by atoms with Gasteiger partial charge < -0.3 is 55.1 Å². The first-order valence-electron chi connectivity index (χ1n) is 7.08. The van der Waals surface area contributed by atoms with Gasteiger partial charge in [0, 0.05) is 0 Å². The molecule has 0 amide bonds. The Bertz CT molecular complexity index is 350.